The summed E-state index contributed by atoms with van der Waals surface area (Å²) in [5.41, 5.74) is 0. The maximum absolute atomic E-state index is 12.5. The Labute approximate surface area is 163 Å². The third kappa shape index (κ3) is 5.99. The standard InChI is InChI=1S/C18H31N3O4S2/c1-3-21(4-2)27(24,25)18-11-9-17(10-12-18)26(22,23)19-13-16-20-14-7-5-6-8-15-20/h9-12,19H,3-8,13-16H2,1-2H3. The van der Waals surface area contributed by atoms with Crippen molar-refractivity contribution in [3.63, 3.8) is 0 Å². The lowest BCUT2D eigenvalue weighted by molar-refractivity contribution is 0.290. The van der Waals surface area contributed by atoms with E-state index in [4.69, 9.17) is 0 Å². The molecule has 0 radical (unpaired) electrons. The molecule has 0 unspecified atom stereocenters. The highest BCUT2D eigenvalue weighted by Crippen LogP contribution is 2.18. The van der Waals surface area contributed by atoms with Crippen LogP contribution in [0.2, 0.25) is 0 Å². The molecule has 1 aliphatic rings. The Morgan fingerprint density at radius 2 is 1.41 bits per heavy atom. The molecule has 9 heteroatoms. The maximum Gasteiger partial charge on any atom is 0.243 e. The Balaban J connectivity index is 2.00. The minimum Gasteiger partial charge on any atom is -0.302 e. The SMILES string of the molecule is CCN(CC)S(=O)(=O)c1ccc(S(=O)(=O)NCCN2CCCCCC2)cc1. The van der Waals surface area contributed by atoms with E-state index in [1.54, 1.807) is 13.8 Å². The first-order chi connectivity index (χ1) is 12.8. The van der Waals surface area contributed by atoms with Gasteiger partial charge in [0.05, 0.1) is 9.79 Å². The van der Waals surface area contributed by atoms with Crippen molar-refractivity contribution in [3.8, 4) is 0 Å². The van der Waals surface area contributed by atoms with Crippen LogP contribution in [0.4, 0.5) is 0 Å². The van der Waals surface area contributed by atoms with Gasteiger partial charge in [-0.05, 0) is 50.2 Å². The van der Waals surface area contributed by atoms with Gasteiger partial charge in [0.2, 0.25) is 20.0 Å². The van der Waals surface area contributed by atoms with Crippen LogP contribution in [-0.4, -0.2) is 65.3 Å². The number of hydrogen-bond donors (Lipinski definition) is 1. The zero-order chi connectivity index (χ0) is 19.9. The monoisotopic (exact) mass is 417 g/mol. The molecule has 1 aromatic carbocycles. The summed E-state index contributed by atoms with van der Waals surface area (Å²) in [6, 6.07) is 5.42. The topological polar surface area (TPSA) is 86.8 Å². The molecule has 0 amide bonds. The summed E-state index contributed by atoms with van der Waals surface area (Å²) in [6.45, 7) is 7.35. The molecule has 27 heavy (non-hydrogen) atoms. The van der Waals surface area contributed by atoms with Gasteiger partial charge >= 0.3 is 0 Å². The fourth-order valence-electron chi connectivity index (χ4n) is 3.28. The van der Waals surface area contributed by atoms with E-state index >= 15 is 0 Å². The molecule has 1 aromatic rings. The average molecular weight is 418 g/mol. The smallest absolute Gasteiger partial charge is 0.243 e. The summed E-state index contributed by atoms with van der Waals surface area (Å²) in [4.78, 5) is 2.47. The van der Waals surface area contributed by atoms with Crippen LogP contribution >= 0.6 is 0 Å². The second-order valence-electron chi connectivity index (χ2n) is 6.71. The van der Waals surface area contributed by atoms with Gasteiger partial charge < -0.3 is 4.90 Å². The van der Waals surface area contributed by atoms with Crippen molar-refractivity contribution in [3.05, 3.63) is 24.3 Å². The molecule has 0 saturated carbocycles. The quantitative estimate of drug-likeness (QED) is 0.663. The second kappa shape index (κ2) is 9.97. The molecular weight excluding hydrogens is 386 g/mol. The average Bonchev–Trinajstić information content (AvgIpc) is 2.91. The molecule has 1 saturated heterocycles. The normalized spacial score (nSPS) is 17.1. The number of rotatable bonds is 9. The van der Waals surface area contributed by atoms with Crippen molar-refractivity contribution in [2.75, 3.05) is 39.3 Å². The van der Waals surface area contributed by atoms with Gasteiger partial charge in [0.1, 0.15) is 0 Å². The van der Waals surface area contributed by atoms with Crippen LogP contribution < -0.4 is 4.72 Å². The molecule has 0 aliphatic carbocycles. The van der Waals surface area contributed by atoms with E-state index in [-0.39, 0.29) is 9.79 Å². The lowest BCUT2D eigenvalue weighted by atomic mass is 10.2. The minimum absolute atomic E-state index is 0.0804. The Bertz CT molecular complexity index is 780. The highest BCUT2D eigenvalue weighted by Gasteiger charge is 2.22. The summed E-state index contributed by atoms with van der Waals surface area (Å²) in [6.07, 6.45) is 4.81. The molecule has 1 aliphatic heterocycles. The first-order valence-electron chi connectivity index (χ1n) is 9.63. The molecule has 0 aromatic heterocycles. The van der Waals surface area contributed by atoms with Crippen LogP contribution in [0.25, 0.3) is 0 Å². The first kappa shape index (κ1) is 22.3. The van der Waals surface area contributed by atoms with Crippen LogP contribution in [0, 0.1) is 0 Å². The number of benzene rings is 1. The predicted molar refractivity (Wildman–Crippen MR) is 107 cm³/mol. The van der Waals surface area contributed by atoms with Gasteiger partial charge in [0.25, 0.3) is 0 Å². The number of nitrogens with one attached hydrogen (secondary N) is 1. The van der Waals surface area contributed by atoms with E-state index in [1.807, 2.05) is 0 Å². The first-order valence-corrected chi connectivity index (χ1v) is 12.6. The van der Waals surface area contributed by atoms with Crippen molar-refractivity contribution in [1.82, 2.24) is 13.9 Å². The van der Waals surface area contributed by atoms with Gasteiger partial charge in [-0.15, -0.1) is 0 Å². The maximum atomic E-state index is 12.5. The summed E-state index contributed by atoms with van der Waals surface area (Å²) >= 11 is 0. The molecule has 2 rings (SSSR count). The largest absolute Gasteiger partial charge is 0.302 e. The predicted octanol–water partition coefficient (Wildman–Crippen LogP) is 1.87. The van der Waals surface area contributed by atoms with Crippen molar-refractivity contribution in [2.24, 2.45) is 0 Å². The van der Waals surface area contributed by atoms with Crippen molar-refractivity contribution in [1.29, 1.82) is 0 Å². The van der Waals surface area contributed by atoms with E-state index in [0.29, 0.717) is 26.2 Å². The summed E-state index contributed by atoms with van der Waals surface area (Å²) in [5.74, 6) is 0. The Kier molecular flexibility index (Phi) is 8.23. The molecule has 7 nitrogen and oxygen atoms in total. The van der Waals surface area contributed by atoms with Crippen LogP contribution in [0.15, 0.2) is 34.1 Å². The number of hydrogen-bond acceptors (Lipinski definition) is 5. The van der Waals surface area contributed by atoms with Gasteiger partial charge in [-0.3, -0.25) is 0 Å². The zero-order valence-corrected chi connectivity index (χ0v) is 17.9. The third-order valence-corrected chi connectivity index (χ3v) is 8.44. The molecule has 0 atom stereocenters. The molecule has 154 valence electrons. The fourth-order valence-corrected chi connectivity index (χ4v) is 5.76. The summed E-state index contributed by atoms with van der Waals surface area (Å²) in [5, 5.41) is 0. The Morgan fingerprint density at radius 3 is 1.93 bits per heavy atom. The van der Waals surface area contributed by atoms with Crippen molar-refractivity contribution in [2.45, 2.75) is 49.3 Å². The number of nitrogens with zero attached hydrogens (tertiary/aromatic N) is 2. The molecule has 0 spiro atoms. The van der Waals surface area contributed by atoms with Crippen molar-refractivity contribution >= 4 is 20.0 Å². The molecule has 0 bridgehead atoms. The van der Waals surface area contributed by atoms with Crippen LogP contribution in [0.3, 0.4) is 0 Å². The van der Waals surface area contributed by atoms with Gasteiger partial charge in [0, 0.05) is 26.2 Å². The highest BCUT2D eigenvalue weighted by molar-refractivity contribution is 7.89. The van der Waals surface area contributed by atoms with Crippen molar-refractivity contribution < 1.29 is 16.8 Å². The lowest BCUT2D eigenvalue weighted by Crippen LogP contribution is -2.35. The van der Waals surface area contributed by atoms with Crippen LogP contribution in [-0.2, 0) is 20.0 Å². The molecule has 1 heterocycles. The summed E-state index contributed by atoms with van der Waals surface area (Å²) in [7, 11) is -7.24. The van der Waals surface area contributed by atoms with Gasteiger partial charge in [-0.1, -0.05) is 26.7 Å². The zero-order valence-electron chi connectivity index (χ0n) is 16.2. The molecular formula is C18H31N3O4S2. The van der Waals surface area contributed by atoms with E-state index in [9.17, 15) is 16.8 Å². The fraction of sp³-hybridized carbons (Fsp3) is 0.667. The highest BCUT2D eigenvalue weighted by atomic mass is 32.2. The van der Waals surface area contributed by atoms with Crippen LogP contribution in [0.5, 0.6) is 0 Å². The summed E-state index contributed by atoms with van der Waals surface area (Å²) < 4.78 is 53.9. The Hall–Kier alpha value is -1.00. The second-order valence-corrected chi connectivity index (χ2v) is 10.4. The molecule has 1 fully saturated rings. The van der Waals surface area contributed by atoms with E-state index in [2.05, 4.69) is 9.62 Å². The van der Waals surface area contributed by atoms with Gasteiger partial charge in [-0.2, -0.15) is 4.31 Å². The van der Waals surface area contributed by atoms with E-state index in [0.717, 1.165) is 25.9 Å². The van der Waals surface area contributed by atoms with Crippen LogP contribution in [0.1, 0.15) is 39.5 Å². The van der Waals surface area contributed by atoms with Gasteiger partial charge in [0.15, 0.2) is 0 Å². The van der Waals surface area contributed by atoms with E-state index in [1.165, 1.54) is 41.4 Å². The Morgan fingerprint density at radius 1 is 0.889 bits per heavy atom. The minimum atomic E-state index is -3.65. The number of likely N-dealkylation sites (tertiary alicyclic amines) is 1. The lowest BCUT2D eigenvalue weighted by Gasteiger charge is -2.20. The van der Waals surface area contributed by atoms with E-state index < -0.39 is 20.0 Å². The van der Waals surface area contributed by atoms with Gasteiger partial charge in [-0.25, -0.2) is 21.6 Å². The molecule has 1 N–H and O–H groups in total. The third-order valence-electron chi connectivity index (χ3n) is 4.90. The number of sulfonamides is 2.